The van der Waals surface area contributed by atoms with Crippen LogP contribution < -0.4 is 0 Å². The molecule has 120 valence electrons. The molecule has 2 aliphatic heterocycles. The lowest BCUT2D eigenvalue weighted by atomic mass is 10.2. The molecule has 0 saturated carbocycles. The number of hydrogen-bond acceptors (Lipinski definition) is 6. The second-order valence-electron chi connectivity index (χ2n) is 5.45. The number of likely N-dealkylation sites (N-methyl/N-ethyl adjacent to an activating group) is 1. The number of thioether (sulfide) groups is 1. The molecular formula is C15H16N4O3S. The van der Waals surface area contributed by atoms with E-state index in [1.54, 1.807) is 18.2 Å². The molecule has 0 atom stereocenters. The second-order valence-corrected chi connectivity index (χ2v) is 6.46. The van der Waals surface area contributed by atoms with Crippen LogP contribution >= 0.6 is 11.8 Å². The van der Waals surface area contributed by atoms with E-state index in [2.05, 4.69) is 21.8 Å². The number of piperazine rings is 1. The topological polar surface area (TPSA) is 79.0 Å². The average molecular weight is 332 g/mol. The van der Waals surface area contributed by atoms with Crippen molar-refractivity contribution in [1.29, 1.82) is 0 Å². The minimum absolute atomic E-state index is 0.0342. The lowest BCUT2D eigenvalue weighted by molar-refractivity contribution is -0.384. The Morgan fingerprint density at radius 1 is 1.22 bits per heavy atom. The van der Waals surface area contributed by atoms with E-state index >= 15 is 0 Å². The Bertz CT molecular complexity index is 691. The Labute approximate surface area is 137 Å². The van der Waals surface area contributed by atoms with Gasteiger partial charge in [0.05, 0.1) is 9.83 Å². The van der Waals surface area contributed by atoms with Gasteiger partial charge >= 0.3 is 0 Å². The van der Waals surface area contributed by atoms with Gasteiger partial charge in [-0.15, -0.1) is 0 Å². The van der Waals surface area contributed by atoms with Gasteiger partial charge in [-0.05, 0) is 42.6 Å². The van der Waals surface area contributed by atoms with Crippen LogP contribution in [-0.2, 0) is 4.79 Å². The zero-order chi connectivity index (χ0) is 16.4. The van der Waals surface area contributed by atoms with E-state index in [0.717, 1.165) is 36.9 Å². The molecule has 0 bridgehead atoms. The molecule has 1 amide bonds. The number of aliphatic imine (C=N–C) groups is 1. The minimum Gasteiger partial charge on any atom is -0.348 e. The van der Waals surface area contributed by atoms with Crippen molar-refractivity contribution in [3.8, 4) is 0 Å². The SMILES string of the molecule is CN1CCN(C2=NC(=O)C(=Cc3ccc([N+](=O)[O-])cc3)S2)CC1. The van der Waals surface area contributed by atoms with Crippen LogP contribution in [-0.4, -0.2) is 59.0 Å². The highest BCUT2D eigenvalue weighted by molar-refractivity contribution is 8.18. The Balaban J connectivity index is 1.70. The molecule has 1 saturated heterocycles. The highest BCUT2D eigenvalue weighted by atomic mass is 32.2. The summed E-state index contributed by atoms with van der Waals surface area (Å²) in [5.74, 6) is -0.248. The van der Waals surface area contributed by atoms with Crippen molar-refractivity contribution in [2.45, 2.75) is 0 Å². The van der Waals surface area contributed by atoms with Gasteiger partial charge in [0.25, 0.3) is 11.6 Å². The first kappa shape index (κ1) is 15.7. The number of carbonyl (C=O) groups is 1. The van der Waals surface area contributed by atoms with E-state index in [1.807, 2.05) is 0 Å². The van der Waals surface area contributed by atoms with E-state index in [1.165, 1.54) is 23.9 Å². The third-order valence-corrected chi connectivity index (χ3v) is 4.83. The molecule has 0 aliphatic carbocycles. The minimum atomic E-state index is -0.443. The maximum Gasteiger partial charge on any atom is 0.286 e. The molecule has 1 aromatic rings. The summed E-state index contributed by atoms with van der Waals surface area (Å²) in [7, 11) is 2.08. The van der Waals surface area contributed by atoms with Crippen LogP contribution in [0.1, 0.15) is 5.56 Å². The maximum absolute atomic E-state index is 12.0. The number of amides is 1. The van der Waals surface area contributed by atoms with E-state index < -0.39 is 4.92 Å². The third kappa shape index (κ3) is 3.59. The summed E-state index contributed by atoms with van der Waals surface area (Å²) < 4.78 is 0. The average Bonchev–Trinajstić information content (AvgIpc) is 2.89. The molecule has 3 rings (SSSR count). The van der Waals surface area contributed by atoms with Crippen LogP contribution in [0.15, 0.2) is 34.2 Å². The van der Waals surface area contributed by atoms with Crippen molar-refractivity contribution < 1.29 is 9.72 Å². The molecule has 0 spiro atoms. The second kappa shape index (κ2) is 6.51. The van der Waals surface area contributed by atoms with E-state index in [4.69, 9.17) is 0 Å². The fraction of sp³-hybridized carbons (Fsp3) is 0.333. The Kier molecular flexibility index (Phi) is 4.44. The largest absolute Gasteiger partial charge is 0.348 e. The number of hydrogen-bond donors (Lipinski definition) is 0. The number of nitrogens with zero attached hydrogens (tertiary/aromatic N) is 4. The molecule has 1 aromatic carbocycles. The zero-order valence-corrected chi connectivity index (χ0v) is 13.5. The number of amidine groups is 1. The van der Waals surface area contributed by atoms with Crippen molar-refractivity contribution in [2.75, 3.05) is 33.2 Å². The summed E-state index contributed by atoms with van der Waals surface area (Å²) >= 11 is 1.37. The lowest BCUT2D eigenvalue weighted by Gasteiger charge is -2.32. The smallest absolute Gasteiger partial charge is 0.286 e. The van der Waals surface area contributed by atoms with E-state index in [0.29, 0.717) is 4.91 Å². The number of rotatable bonds is 2. The predicted octanol–water partition coefficient (Wildman–Crippen LogP) is 1.81. The molecule has 0 N–H and O–H groups in total. The van der Waals surface area contributed by atoms with Crippen LogP contribution in [0.3, 0.4) is 0 Å². The van der Waals surface area contributed by atoms with Crippen LogP contribution in [0.2, 0.25) is 0 Å². The predicted molar refractivity (Wildman–Crippen MR) is 90.2 cm³/mol. The summed E-state index contributed by atoms with van der Waals surface area (Å²) in [6, 6.07) is 6.12. The molecule has 1 fully saturated rings. The normalized spacial score (nSPS) is 20.9. The Morgan fingerprint density at radius 2 is 1.87 bits per heavy atom. The summed E-state index contributed by atoms with van der Waals surface area (Å²) in [6.45, 7) is 3.63. The summed E-state index contributed by atoms with van der Waals surface area (Å²) in [5.41, 5.74) is 0.785. The van der Waals surface area contributed by atoms with Crippen molar-refractivity contribution in [2.24, 2.45) is 4.99 Å². The molecule has 7 nitrogen and oxygen atoms in total. The van der Waals surface area contributed by atoms with Gasteiger partial charge in [0, 0.05) is 38.3 Å². The standard InChI is InChI=1S/C15H16N4O3S/c1-17-6-8-18(9-7-17)15-16-14(20)13(23-15)10-11-2-4-12(5-3-11)19(21)22/h2-5,10H,6-9H2,1H3. The number of nitro groups is 1. The summed E-state index contributed by atoms with van der Waals surface area (Å²) in [4.78, 5) is 31.3. The first-order valence-corrected chi connectivity index (χ1v) is 8.05. The first-order valence-electron chi connectivity index (χ1n) is 7.23. The van der Waals surface area contributed by atoms with Gasteiger partial charge in [-0.1, -0.05) is 0 Å². The van der Waals surface area contributed by atoms with Crippen molar-refractivity contribution in [3.63, 3.8) is 0 Å². The first-order chi connectivity index (χ1) is 11.0. The van der Waals surface area contributed by atoms with Crippen LogP contribution in [0.5, 0.6) is 0 Å². The van der Waals surface area contributed by atoms with Crippen LogP contribution in [0.4, 0.5) is 5.69 Å². The number of nitro benzene ring substituents is 1. The monoisotopic (exact) mass is 332 g/mol. The molecule has 0 radical (unpaired) electrons. The highest BCUT2D eigenvalue weighted by Gasteiger charge is 2.27. The molecular weight excluding hydrogens is 316 g/mol. The van der Waals surface area contributed by atoms with Crippen LogP contribution in [0, 0.1) is 10.1 Å². The molecule has 2 aliphatic rings. The summed E-state index contributed by atoms with van der Waals surface area (Å²) in [5, 5.41) is 11.4. The summed E-state index contributed by atoms with van der Waals surface area (Å²) in [6.07, 6.45) is 1.73. The Hall–Kier alpha value is -2.19. The van der Waals surface area contributed by atoms with E-state index in [-0.39, 0.29) is 11.6 Å². The fourth-order valence-corrected chi connectivity index (χ4v) is 3.34. The number of carbonyl (C=O) groups excluding carboxylic acids is 1. The quantitative estimate of drug-likeness (QED) is 0.467. The van der Waals surface area contributed by atoms with Gasteiger partial charge in [-0.25, -0.2) is 0 Å². The van der Waals surface area contributed by atoms with Crippen LogP contribution in [0.25, 0.3) is 6.08 Å². The molecule has 0 aromatic heterocycles. The van der Waals surface area contributed by atoms with Gasteiger partial charge in [-0.2, -0.15) is 4.99 Å². The van der Waals surface area contributed by atoms with E-state index in [9.17, 15) is 14.9 Å². The number of benzene rings is 1. The van der Waals surface area contributed by atoms with Crippen molar-refractivity contribution in [3.05, 3.63) is 44.8 Å². The van der Waals surface area contributed by atoms with Gasteiger partial charge in [0.1, 0.15) is 0 Å². The number of non-ortho nitro benzene ring substituents is 1. The van der Waals surface area contributed by atoms with Gasteiger partial charge in [0.2, 0.25) is 0 Å². The lowest BCUT2D eigenvalue weighted by Crippen LogP contribution is -2.46. The maximum atomic E-state index is 12.0. The molecule has 0 unspecified atom stereocenters. The van der Waals surface area contributed by atoms with Gasteiger partial charge in [-0.3, -0.25) is 14.9 Å². The third-order valence-electron chi connectivity index (χ3n) is 3.78. The highest BCUT2D eigenvalue weighted by Crippen LogP contribution is 2.30. The van der Waals surface area contributed by atoms with Gasteiger partial charge < -0.3 is 9.80 Å². The molecule has 23 heavy (non-hydrogen) atoms. The van der Waals surface area contributed by atoms with Gasteiger partial charge in [0.15, 0.2) is 5.17 Å². The Morgan fingerprint density at radius 3 is 2.48 bits per heavy atom. The van der Waals surface area contributed by atoms with Crippen molar-refractivity contribution in [1.82, 2.24) is 9.80 Å². The molecule has 8 heteroatoms. The zero-order valence-electron chi connectivity index (χ0n) is 12.6. The fourth-order valence-electron chi connectivity index (χ4n) is 2.37. The molecule has 2 heterocycles. The van der Waals surface area contributed by atoms with Crippen molar-refractivity contribution >= 4 is 34.6 Å².